The molecule has 0 spiro atoms. The Labute approximate surface area is 126 Å². The Hall–Kier alpha value is -1.97. The summed E-state index contributed by atoms with van der Waals surface area (Å²) in [6.07, 6.45) is -1.06. The average molecular weight is 302 g/mol. The van der Waals surface area contributed by atoms with Crippen molar-refractivity contribution in [2.75, 3.05) is 0 Å². The first-order valence-corrected chi connectivity index (χ1v) is 6.93. The number of aromatic nitrogens is 1. The molecular formula is C17H13ClFNO. The molecule has 3 rings (SSSR count). The van der Waals surface area contributed by atoms with Crippen LogP contribution in [0.15, 0.2) is 48.5 Å². The number of aryl methyl sites for hydroxylation is 1. The highest BCUT2D eigenvalue weighted by molar-refractivity contribution is 6.30. The zero-order valence-corrected chi connectivity index (χ0v) is 12.1. The topological polar surface area (TPSA) is 33.1 Å². The van der Waals surface area contributed by atoms with Gasteiger partial charge in [0.15, 0.2) is 0 Å². The molecule has 1 aromatic heterocycles. The fourth-order valence-electron chi connectivity index (χ4n) is 2.46. The highest BCUT2D eigenvalue weighted by Gasteiger charge is 2.18. The van der Waals surface area contributed by atoms with Gasteiger partial charge in [-0.2, -0.15) is 0 Å². The Morgan fingerprint density at radius 1 is 1.10 bits per heavy atom. The number of hydrogen-bond acceptors (Lipinski definition) is 2. The third kappa shape index (κ3) is 2.62. The second-order valence-electron chi connectivity index (χ2n) is 4.94. The summed E-state index contributed by atoms with van der Waals surface area (Å²) in [5.74, 6) is -0.520. The number of fused-ring (bicyclic) bond motifs is 1. The third-order valence-electron chi connectivity index (χ3n) is 3.43. The minimum atomic E-state index is -1.06. The zero-order chi connectivity index (χ0) is 15.0. The molecule has 2 aromatic carbocycles. The van der Waals surface area contributed by atoms with Crippen LogP contribution in [0.2, 0.25) is 5.02 Å². The van der Waals surface area contributed by atoms with Crippen molar-refractivity contribution in [2.45, 2.75) is 13.0 Å². The molecule has 0 radical (unpaired) electrons. The quantitative estimate of drug-likeness (QED) is 0.760. The van der Waals surface area contributed by atoms with Crippen molar-refractivity contribution in [3.63, 3.8) is 0 Å². The Morgan fingerprint density at radius 3 is 2.62 bits per heavy atom. The van der Waals surface area contributed by atoms with Gasteiger partial charge in [0.05, 0.1) is 5.52 Å². The van der Waals surface area contributed by atoms with Crippen LogP contribution in [0.1, 0.15) is 22.9 Å². The molecule has 0 aliphatic heterocycles. The summed E-state index contributed by atoms with van der Waals surface area (Å²) in [5, 5.41) is 11.7. The zero-order valence-electron chi connectivity index (χ0n) is 11.3. The van der Waals surface area contributed by atoms with Crippen LogP contribution in [-0.2, 0) is 0 Å². The molecule has 1 unspecified atom stereocenters. The van der Waals surface area contributed by atoms with Gasteiger partial charge in [0.1, 0.15) is 11.9 Å². The molecule has 1 N–H and O–H groups in total. The van der Waals surface area contributed by atoms with Crippen LogP contribution in [-0.4, -0.2) is 10.1 Å². The lowest BCUT2D eigenvalue weighted by Crippen LogP contribution is -2.04. The van der Waals surface area contributed by atoms with Crippen LogP contribution in [0.3, 0.4) is 0 Å². The van der Waals surface area contributed by atoms with E-state index < -0.39 is 11.9 Å². The minimum Gasteiger partial charge on any atom is -0.384 e. The predicted molar refractivity (Wildman–Crippen MR) is 82.0 cm³/mol. The molecule has 0 aliphatic carbocycles. The number of aliphatic hydroxyl groups excluding tert-OH is 1. The number of benzene rings is 2. The molecule has 0 saturated carbocycles. The number of pyridine rings is 1. The molecule has 106 valence electrons. The molecule has 2 nitrogen and oxygen atoms in total. The van der Waals surface area contributed by atoms with E-state index in [2.05, 4.69) is 4.98 Å². The Bertz CT molecular complexity index is 819. The largest absolute Gasteiger partial charge is 0.384 e. The third-order valence-corrected chi connectivity index (χ3v) is 3.66. The second kappa shape index (κ2) is 5.43. The van der Waals surface area contributed by atoms with Gasteiger partial charge in [0.2, 0.25) is 0 Å². The van der Waals surface area contributed by atoms with Gasteiger partial charge in [-0.15, -0.1) is 0 Å². The molecule has 0 saturated heterocycles. The van der Waals surface area contributed by atoms with Crippen molar-refractivity contribution in [3.05, 3.63) is 76.2 Å². The van der Waals surface area contributed by atoms with Gasteiger partial charge in [-0.05, 0) is 36.8 Å². The van der Waals surface area contributed by atoms with E-state index in [1.54, 1.807) is 12.1 Å². The first-order chi connectivity index (χ1) is 10.1. The normalized spacial score (nSPS) is 12.6. The fraction of sp³-hybridized carbons (Fsp3) is 0.118. The van der Waals surface area contributed by atoms with E-state index in [1.165, 1.54) is 12.1 Å². The SMILES string of the molecule is Cc1cc(C(O)c2ccc(Cl)cc2F)c2ccccc2n1. The van der Waals surface area contributed by atoms with Gasteiger partial charge < -0.3 is 5.11 Å². The van der Waals surface area contributed by atoms with E-state index in [9.17, 15) is 9.50 Å². The Morgan fingerprint density at radius 2 is 1.86 bits per heavy atom. The molecule has 3 aromatic rings. The first-order valence-electron chi connectivity index (χ1n) is 6.55. The molecule has 0 aliphatic rings. The maximum atomic E-state index is 14.0. The number of para-hydroxylation sites is 1. The van der Waals surface area contributed by atoms with Crippen LogP contribution in [0.4, 0.5) is 4.39 Å². The molecule has 0 fully saturated rings. The molecular weight excluding hydrogens is 289 g/mol. The van der Waals surface area contributed by atoms with Crippen molar-refractivity contribution in [1.82, 2.24) is 4.98 Å². The lowest BCUT2D eigenvalue weighted by molar-refractivity contribution is 0.216. The summed E-state index contributed by atoms with van der Waals surface area (Å²) in [5.41, 5.74) is 2.40. The lowest BCUT2D eigenvalue weighted by Gasteiger charge is -2.15. The van der Waals surface area contributed by atoms with E-state index >= 15 is 0 Å². The summed E-state index contributed by atoms with van der Waals surface area (Å²) in [6, 6.07) is 13.6. The van der Waals surface area contributed by atoms with Crippen LogP contribution < -0.4 is 0 Å². The standard InChI is InChI=1S/C17H13ClFNO/c1-10-8-14(12-4-2-3-5-16(12)20-10)17(21)13-7-6-11(18)9-15(13)19/h2-9,17,21H,1H3. The van der Waals surface area contributed by atoms with Crippen molar-refractivity contribution in [3.8, 4) is 0 Å². The van der Waals surface area contributed by atoms with Gasteiger partial charge in [0, 0.05) is 21.7 Å². The van der Waals surface area contributed by atoms with Gasteiger partial charge in [-0.3, -0.25) is 4.98 Å². The minimum absolute atomic E-state index is 0.204. The average Bonchev–Trinajstić information content (AvgIpc) is 2.45. The molecule has 0 amide bonds. The number of halogens is 2. The van der Waals surface area contributed by atoms with E-state index in [4.69, 9.17) is 11.6 Å². The molecule has 1 atom stereocenters. The van der Waals surface area contributed by atoms with Gasteiger partial charge in [-0.1, -0.05) is 35.9 Å². The van der Waals surface area contributed by atoms with Crippen LogP contribution >= 0.6 is 11.6 Å². The first kappa shape index (κ1) is 14.0. The maximum absolute atomic E-state index is 14.0. The monoisotopic (exact) mass is 301 g/mol. The Kier molecular flexibility index (Phi) is 3.62. The predicted octanol–water partition coefficient (Wildman–Crippen LogP) is 4.42. The van der Waals surface area contributed by atoms with Crippen LogP contribution in [0.25, 0.3) is 10.9 Å². The summed E-state index contributed by atoms with van der Waals surface area (Å²) < 4.78 is 14.0. The van der Waals surface area contributed by atoms with Crippen LogP contribution in [0, 0.1) is 12.7 Å². The number of aliphatic hydroxyl groups is 1. The lowest BCUT2D eigenvalue weighted by atomic mass is 9.97. The van der Waals surface area contributed by atoms with Gasteiger partial charge >= 0.3 is 0 Å². The van der Waals surface area contributed by atoms with Gasteiger partial charge in [-0.25, -0.2) is 4.39 Å². The summed E-state index contributed by atoms with van der Waals surface area (Å²) in [4.78, 5) is 4.42. The van der Waals surface area contributed by atoms with Crippen molar-refractivity contribution < 1.29 is 9.50 Å². The van der Waals surface area contributed by atoms with Crippen molar-refractivity contribution in [2.24, 2.45) is 0 Å². The van der Waals surface area contributed by atoms with E-state index in [1.807, 2.05) is 31.2 Å². The van der Waals surface area contributed by atoms with Crippen LogP contribution in [0.5, 0.6) is 0 Å². The molecule has 0 bridgehead atoms. The number of rotatable bonds is 2. The van der Waals surface area contributed by atoms with Crippen molar-refractivity contribution in [1.29, 1.82) is 0 Å². The summed E-state index contributed by atoms with van der Waals surface area (Å²) in [7, 11) is 0. The number of hydrogen-bond donors (Lipinski definition) is 1. The second-order valence-corrected chi connectivity index (χ2v) is 5.37. The van der Waals surface area contributed by atoms with Crippen molar-refractivity contribution >= 4 is 22.5 Å². The van der Waals surface area contributed by atoms with E-state index in [-0.39, 0.29) is 5.56 Å². The summed E-state index contributed by atoms with van der Waals surface area (Å²) >= 11 is 5.76. The van der Waals surface area contributed by atoms with E-state index in [0.717, 1.165) is 16.6 Å². The highest BCUT2D eigenvalue weighted by Crippen LogP contribution is 2.31. The number of nitrogens with zero attached hydrogens (tertiary/aromatic N) is 1. The maximum Gasteiger partial charge on any atom is 0.130 e. The summed E-state index contributed by atoms with van der Waals surface area (Å²) in [6.45, 7) is 1.85. The van der Waals surface area contributed by atoms with Gasteiger partial charge in [0.25, 0.3) is 0 Å². The smallest absolute Gasteiger partial charge is 0.130 e. The highest BCUT2D eigenvalue weighted by atomic mass is 35.5. The van der Waals surface area contributed by atoms with E-state index in [0.29, 0.717) is 10.6 Å². The molecule has 4 heteroatoms. The Balaban J connectivity index is 2.19. The fourth-order valence-corrected chi connectivity index (χ4v) is 2.62. The molecule has 1 heterocycles. The molecule has 21 heavy (non-hydrogen) atoms.